The van der Waals surface area contributed by atoms with Gasteiger partial charge in [-0.05, 0) is 37.3 Å². The number of para-hydroxylation sites is 1. The minimum Gasteiger partial charge on any atom is -0.462 e. The van der Waals surface area contributed by atoms with Crippen molar-refractivity contribution in [3.63, 3.8) is 0 Å². The SMILES string of the molecule is CCOC(=O)c1ccc2oc(-c3ccc4ccccc4n3)cc(=O)c2c1. The average molecular weight is 345 g/mol. The fourth-order valence-corrected chi connectivity index (χ4v) is 2.83. The van der Waals surface area contributed by atoms with E-state index in [2.05, 4.69) is 4.98 Å². The van der Waals surface area contributed by atoms with Crippen LogP contribution in [-0.2, 0) is 4.74 Å². The third-order valence-electron chi connectivity index (χ3n) is 4.09. The molecule has 0 amide bonds. The molecule has 4 rings (SSSR count). The Bertz CT molecular complexity index is 1190. The van der Waals surface area contributed by atoms with Crippen molar-refractivity contribution in [2.24, 2.45) is 0 Å². The summed E-state index contributed by atoms with van der Waals surface area (Å²) in [6.45, 7) is 2.01. The van der Waals surface area contributed by atoms with E-state index in [1.54, 1.807) is 19.1 Å². The number of fused-ring (bicyclic) bond motifs is 2. The van der Waals surface area contributed by atoms with Crippen LogP contribution >= 0.6 is 0 Å². The summed E-state index contributed by atoms with van der Waals surface area (Å²) >= 11 is 0. The molecule has 5 heteroatoms. The van der Waals surface area contributed by atoms with Crippen LogP contribution in [0.4, 0.5) is 0 Å². The number of aromatic nitrogens is 1. The molecule has 4 aromatic rings. The quantitative estimate of drug-likeness (QED) is 0.521. The highest BCUT2D eigenvalue weighted by Gasteiger charge is 2.12. The molecule has 5 nitrogen and oxygen atoms in total. The van der Waals surface area contributed by atoms with Crippen LogP contribution in [0.5, 0.6) is 0 Å². The number of carbonyl (C=O) groups is 1. The van der Waals surface area contributed by atoms with Gasteiger partial charge < -0.3 is 9.15 Å². The Morgan fingerprint density at radius 2 is 1.92 bits per heavy atom. The highest BCUT2D eigenvalue weighted by Crippen LogP contribution is 2.23. The lowest BCUT2D eigenvalue weighted by Crippen LogP contribution is -2.07. The predicted octanol–water partition coefficient (Wildman–Crippen LogP) is 4.18. The first-order valence-electron chi connectivity index (χ1n) is 8.27. The highest BCUT2D eigenvalue weighted by atomic mass is 16.5. The molecule has 0 radical (unpaired) electrons. The fourth-order valence-electron chi connectivity index (χ4n) is 2.83. The maximum absolute atomic E-state index is 12.5. The van der Waals surface area contributed by atoms with Crippen molar-refractivity contribution in [3.8, 4) is 11.5 Å². The number of esters is 1. The van der Waals surface area contributed by atoms with Crippen molar-refractivity contribution in [2.75, 3.05) is 6.61 Å². The van der Waals surface area contributed by atoms with Gasteiger partial charge in [0.25, 0.3) is 0 Å². The number of carbonyl (C=O) groups excluding carboxylic acids is 1. The summed E-state index contributed by atoms with van der Waals surface area (Å²) in [5, 5.41) is 1.35. The summed E-state index contributed by atoms with van der Waals surface area (Å²) in [5.41, 5.74) is 1.89. The second kappa shape index (κ2) is 6.44. The van der Waals surface area contributed by atoms with Crippen molar-refractivity contribution in [3.05, 3.63) is 76.5 Å². The lowest BCUT2D eigenvalue weighted by atomic mass is 10.1. The van der Waals surface area contributed by atoms with Gasteiger partial charge in [-0.15, -0.1) is 0 Å². The lowest BCUT2D eigenvalue weighted by Gasteiger charge is -2.06. The number of hydrogen-bond donors (Lipinski definition) is 0. The van der Waals surface area contributed by atoms with Crippen LogP contribution in [0.2, 0.25) is 0 Å². The topological polar surface area (TPSA) is 69.4 Å². The van der Waals surface area contributed by atoms with Gasteiger partial charge in [0.15, 0.2) is 11.2 Å². The Morgan fingerprint density at radius 1 is 1.08 bits per heavy atom. The van der Waals surface area contributed by atoms with Gasteiger partial charge in [0.2, 0.25) is 0 Å². The zero-order valence-corrected chi connectivity index (χ0v) is 14.1. The van der Waals surface area contributed by atoms with Crippen molar-refractivity contribution >= 4 is 27.8 Å². The molecule has 0 spiro atoms. The molecule has 0 fully saturated rings. The van der Waals surface area contributed by atoms with Gasteiger partial charge in [0, 0.05) is 11.5 Å². The molecule has 0 aliphatic heterocycles. The first kappa shape index (κ1) is 16.0. The Balaban J connectivity index is 1.82. The summed E-state index contributed by atoms with van der Waals surface area (Å²) in [7, 11) is 0. The third-order valence-corrected chi connectivity index (χ3v) is 4.09. The summed E-state index contributed by atoms with van der Waals surface area (Å²) in [6, 6.07) is 17.6. The van der Waals surface area contributed by atoms with Crippen LogP contribution in [0.1, 0.15) is 17.3 Å². The van der Waals surface area contributed by atoms with Gasteiger partial charge in [-0.25, -0.2) is 9.78 Å². The van der Waals surface area contributed by atoms with E-state index >= 15 is 0 Å². The van der Waals surface area contributed by atoms with Crippen molar-refractivity contribution in [1.29, 1.82) is 0 Å². The van der Waals surface area contributed by atoms with Crippen molar-refractivity contribution in [1.82, 2.24) is 4.98 Å². The van der Waals surface area contributed by atoms with Gasteiger partial charge >= 0.3 is 5.97 Å². The largest absolute Gasteiger partial charge is 0.462 e. The van der Waals surface area contributed by atoms with E-state index in [4.69, 9.17) is 9.15 Å². The first-order valence-corrected chi connectivity index (χ1v) is 8.27. The minimum atomic E-state index is -0.464. The molecule has 2 aromatic heterocycles. The zero-order chi connectivity index (χ0) is 18.1. The number of pyridine rings is 1. The Morgan fingerprint density at radius 3 is 2.77 bits per heavy atom. The Kier molecular flexibility index (Phi) is 3.97. The van der Waals surface area contributed by atoms with Crippen LogP contribution in [0.15, 0.2) is 69.9 Å². The number of ether oxygens (including phenoxy) is 1. The third kappa shape index (κ3) is 2.84. The van der Waals surface area contributed by atoms with E-state index in [9.17, 15) is 9.59 Å². The number of hydrogen-bond acceptors (Lipinski definition) is 5. The van der Waals surface area contributed by atoms with E-state index in [1.165, 1.54) is 12.1 Å². The van der Waals surface area contributed by atoms with Crippen LogP contribution < -0.4 is 5.43 Å². The Labute approximate surface area is 148 Å². The van der Waals surface area contributed by atoms with Gasteiger partial charge in [0.1, 0.15) is 11.3 Å². The van der Waals surface area contributed by atoms with E-state index in [-0.39, 0.29) is 12.0 Å². The molecule has 128 valence electrons. The second-order valence-electron chi connectivity index (χ2n) is 5.80. The Hall–Kier alpha value is -3.47. The first-order chi connectivity index (χ1) is 12.7. The van der Waals surface area contributed by atoms with Gasteiger partial charge in [-0.1, -0.05) is 24.3 Å². The van der Waals surface area contributed by atoms with E-state index < -0.39 is 5.97 Å². The molecule has 2 aromatic carbocycles. The molecule has 0 aliphatic rings. The van der Waals surface area contributed by atoms with Crippen LogP contribution in [-0.4, -0.2) is 17.6 Å². The molecule has 0 unspecified atom stereocenters. The molecular weight excluding hydrogens is 330 g/mol. The number of nitrogens with zero attached hydrogens (tertiary/aromatic N) is 1. The summed E-state index contributed by atoms with van der Waals surface area (Å²) < 4.78 is 10.8. The average Bonchev–Trinajstić information content (AvgIpc) is 2.67. The zero-order valence-electron chi connectivity index (χ0n) is 14.1. The number of benzene rings is 2. The maximum Gasteiger partial charge on any atom is 0.338 e. The van der Waals surface area contributed by atoms with Gasteiger partial charge in [-0.2, -0.15) is 0 Å². The molecule has 0 bridgehead atoms. The summed E-state index contributed by atoms with van der Waals surface area (Å²) in [5.74, 6) is -0.0776. The normalized spacial score (nSPS) is 11.0. The predicted molar refractivity (Wildman–Crippen MR) is 99.2 cm³/mol. The molecular formula is C21H15NO4. The number of rotatable bonds is 3. The smallest absolute Gasteiger partial charge is 0.338 e. The molecule has 2 heterocycles. The van der Waals surface area contributed by atoms with Crippen LogP contribution in [0.3, 0.4) is 0 Å². The monoisotopic (exact) mass is 345 g/mol. The van der Waals surface area contributed by atoms with E-state index in [0.29, 0.717) is 28.0 Å². The molecule has 0 saturated heterocycles. The molecule has 26 heavy (non-hydrogen) atoms. The van der Waals surface area contributed by atoms with E-state index in [1.807, 2.05) is 36.4 Å². The highest BCUT2D eigenvalue weighted by molar-refractivity contribution is 5.94. The lowest BCUT2D eigenvalue weighted by molar-refractivity contribution is 0.0526. The molecule has 0 atom stereocenters. The van der Waals surface area contributed by atoms with Crippen LogP contribution in [0.25, 0.3) is 33.3 Å². The molecule has 0 aliphatic carbocycles. The minimum absolute atomic E-state index is 0.234. The van der Waals surface area contributed by atoms with Gasteiger partial charge in [-0.3, -0.25) is 4.79 Å². The summed E-state index contributed by atoms with van der Waals surface area (Å²) in [4.78, 5) is 28.9. The van der Waals surface area contributed by atoms with Crippen molar-refractivity contribution in [2.45, 2.75) is 6.92 Å². The van der Waals surface area contributed by atoms with E-state index in [0.717, 1.165) is 10.9 Å². The van der Waals surface area contributed by atoms with Crippen molar-refractivity contribution < 1.29 is 13.9 Å². The maximum atomic E-state index is 12.5. The summed E-state index contributed by atoms with van der Waals surface area (Å²) in [6.07, 6.45) is 0. The second-order valence-corrected chi connectivity index (χ2v) is 5.80. The standard InChI is InChI=1S/C21H15NO4/c1-2-25-21(24)14-8-10-19-15(11-14)18(23)12-20(26-19)17-9-7-13-5-3-4-6-16(13)22-17/h3-12H,2H2,1H3. The van der Waals surface area contributed by atoms with Gasteiger partial charge in [0.05, 0.1) is 23.1 Å². The molecule has 0 saturated carbocycles. The van der Waals surface area contributed by atoms with Crippen LogP contribution in [0, 0.1) is 0 Å². The molecule has 0 N–H and O–H groups in total. The fraction of sp³-hybridized carbons (Fsp3) is 0.0952.